The second-order valence-electron chi connectivity index (χ2n) is 4.04. The fraction of sp³-hybridized carbons (Fsp3) is 0.538. The standard InChI is InChI=1S/C13H18N2/c1-11(2)5-4-6-12(3)7-8-13(9-14)10-15/h5,8,12H,4,6-7H2,1-3H3/t12-/m0/s1. The van der Waals surface area contributed by atoms with Gasteiger partial charge in [-0.15, -0.1) is 0 Å². The van der Waals surface area contributed by atoms with Crippen LogP contribution in [0, 0.1) is 28.6 Å². The van der Waals surface area contributed by atoms with Crippen LogP contribution in [0.25, 0.3) is 0 Å². The quantitative estimate of drug-likeness (QED) is 0.503. The summed E-state index contributed by atoms with van der Waals surface area (Å²) in [5.41, 5.74) is 1.57. The zero-order valence-corrected chi connectivity index (χ0v) is 9.75. The second-order valence-corrected chi connectivity index (χ2v) is 4.04. The maximum absolute atomic E-state index is 8.54. The van der Waals surface area contributed by atoms with Gasteiger partial charge >= 0.3 is 0 Å². The summed E-state index contributed by atoms with van der Waals surface area (Å²) in [6.07, 6.45) is 6.94. The minimum absolute atomic E-state index is 0.226. The summed E-state index contributed by atoms with van der Waals surface area (Å²) in [6.45, 7) is 6.32. The van der Waals surface area contributed by atoms with Crippen LogP contribution >= 0.6 is 0 Å². The van der Waals surface area contributed by atoms with Crippen molar-refractivity contribution in [1.29, 1.82) is 10.5 Å². The molecule has 0 heterocycles. The topological polar surface area (TPSA) is 47.6 Å². The molecule has 0 aliphatic heterocycles. The smallest absolute Gasteiger partial charge is 0.125 e. The van der Waals surface area contributed by atoms with Crippen LogP contribution in [0.2, 0.25) is 0 Å². The van der Waals surface area contributed by atoms with E-state index in [9.17, 15) is 0 Å². The minimum atomic E-state index is 0.226. The van der Waals surface area contributed by atoms with Crippen LogP contribution in [-0.4, -0.2) is 0 Å². The van der Waals surface area contributed by atoms with Gasteiger partial charge in [-0.05, 0) is 39.0 Å². The summed E-state index contributed by atoms with van der Waals surface area (Å²) >= 11 is 0. The van der Waals surface area contributed by atoms with Crippen LogP contribution in [0.15, 0.2) is 23.3 Å². The first-order chi connectivity index (χ1) is 7.10. The van der Waals surface area contributed by atoms with Crippen LogP contribution in [0.4, 0.5) is 0 Å². The van der Waals surface area contributed by atoms with Crippen molar-refractivity contribution >= 4 is 0 Å². The molecule has 0 radical (unpaired) electrons. The molecular weight excluding hydrogens is 184 g/mol. The highest BCUT2D eigenvalue weighted by Gasteiger charge is 2.00. The Morgan fingerprint density at radius 2 is 1.80 bits per heavy atom. The maximum atomic E-state index is 8.54. The van der Waals surface area contributed by atoms with Gasteiger partial charge in [-0.3, -0.25) is 0 Å². The van der Waals surface area contributed by atoms with E-state index < -0.39 is 0 Å². The predicted octanol–water partition coefficient (Wildman–Crippen LogP) is 3.73. The van der Waals surface area contributed by atoms with Gasteiger partial charge in [0.2, 0.25) is 0 Å². The first-order valence-electron chi connectivity index (χ1n) is 5.23. The second kappa shape index (κ2) is 7.83. The summed E-state index contributed by atoms with van der Waals surface area (Å²) < 4.78 is 0. The Bertz CT molecular complexity index is 303. The third-order valence-corrected chi connectivity index (χ3v) is 2.18. The molecule has 0 fully saturated rings. The van der Waals surface area contributed by atoms with Gasteiger partial charge in [0.05, 0.1) is 0 Å². The molecule has 0 saturated heterocycles. The molecule has 0 unspecified atom stereocenters. The van der Waals surface area contributed by atoms with E-state index in [-0.39, 0.29) is 5.57 Å². The fourth-order valence-corrected chi connectivity index (χ4v) is 1.21. The Kier molecular flexibility index (Phi) is 7.02. The zero-order chi connectivity index (χ0) is 11.7. The van der Waals surface area contributed by atoms with Gasteiger partial charge < -0.3 is 0 Å². The van der Waals surface area contributed by atoms with E-state index in [4.69, 9.17) is 10.5 Å². The maximum Gasteiger partial charge on any atom is 0.125 e. The molecule has 2 nitrogen and oxygen atoms in total. The lowest BCUT2D eigenvalue weighted by Gasteiger charge is -2.05. The number of hydrogen-bond acceptors (Lipinski definition) is 2. The molecule has 1 atom stereocenters. The van der Waals surface area contributed by atoms with Crippen molar-refractivity contribution in [2.24, 2.45) is 5.92 Å². The lowest BCUT2D eigenvalue weighted by Crippen LogP contribution is -1.92. The molecule has 0 aromatic heterocycles. The van der Waals surface area contributed by atoms with E-state index in [0.717, 1.165) is 19.3 Å². The summed E-state index contributed by atoms with van der Waals surface area (Å²) in [5, 5.41) is 17.1. The molecule has 0 spiro atoms. The highest BCUT2D eigenvalue weighted by atomic mass is 14.3. The molecule has 0 aliphatic rings. The van der Waals surface area contributed by atoms with Crippen molar-refractivity contribution in [3.05, 3.63) is 23.3 Å². The van der Waals surface area contributed by atoms with Crippen molar-refractivity contribution in [2.75, 3.05) is 0 Å². The van der Waals surface area contributed by atoms with Crippen molar-refractivity contribution in [3.63, 3.8) is 0 Å². The van der Waals surface area contributed by atoms with E-state index in [1.165, 1.54) is 5.57 Å². The van der Waals surface area contributed by atoms with Crippen molar-refractivity contribution < 1.29 is 0 Å². The van der Waals surface area contributed by atoms with E-state index in [2.05, 4.69) is 26.8 Å². The SMILES string of the molecule is CC(C)=CCC[C@H](C)CC=C(C#N)C#N. The molecule has 0 N–H and O–H groups in total. The van der Waals surface area contributed by atoms with Gasteiger partial charge in [-0.1, -0.05) is 24.6 Å². The van der Waals surface area contributed by atoms with Crippen LogP contribution in [0.3, 0.4) is 0 Å². The number of nitriles is 2. The van der Waals surface area contributed by atoms with Gasteiger partial charge in [-0.2, -0.15) is 10.5 Å². The number of allylic oxidation sites excluding steroid dienone is 4. The third-order valence-electron chi connectivity index (χ3n) is 2.18. The van der Waals surface area contributed by atoms with E-state index in [0.29, 0.717) is 5.92 Å². The van der Waals surface area contributed by atoms with Crippen molar-refractivity contribution in [2.45, 2.75) is 40.0 Å². The van der Waals surface area contributed by atoms with Crippen LogP contribution in [0.1, 0.15) is 40.0 Å². The molecule has 0 aliphatic carbocycles. The molecule has 80 valence electrons. The summed E-state index contributed by atoms with van der Waals surface area (Å²) in [4.78, 5) is 0. The summed E-state index contributed by atoms with van der Waals surface area (Å²) in [5.74, 6) is 0.525. The molecule has 0 aromatic carbocycles. The largest absolute Gasteiger partial charge is 0.192 e. The monoisotopic (exact) mass is 202 g/mol. The Balaban J connectivity index is 3.92. The minimum Gasteiger partial charge on any atom is -0.192 e. The molecule has 15 heavy (non-hydrogen) atoms. The van der Waals surface area contributed by atoms with Gasteiger partial charge in [0.25, 0.3) is 0 Å². The summed E-state index contributed by atoms with van der Waals surface area (Å²) in [7, 11) is 0. The van der Waals surface area contributed by atoms with Crippen molar-refractivity contribution in [1.82, 2.24) is 0 Å². The van der Waals surface area contributed by atoms with Gasteiger partial charge in [-0.25, -0.2) is 0 Å². The number of rotatable bonds is 5. The average molecular weight is 202 g/mol. The molecular formula is C13H18N2. The van der Waals surface area contributed by atoms with Gasteiger partial charge in [0, 0.05) is 0 Å². The molecule has 0 rings (SSSR count). The first-order valence-corrected chi connectivity index (χ1v) is 5.23. The van der Waals surface area contributed by atoms with E-state index in [1.54, 1.807) is 6.08 Å². The van der Waals surface area contributed by atoms with Crippen LogP contribution < -0.4 is 0 Å². The van der Waals surface area contributed by atoms with Crippen LogP contribution in [0.5, 0.6) is 0 Å². The Hall–Kier alpha value is -1.54. The molecule has 0 amide bonds. The number of nitrogens with zero attached hydrogens (tertiary/aromatic N) is 2. The predicted molar refractivity (Wildman–Crippen MR) is 61.8 cm³/mol. The lowest BCUT2D eigenvalue weighted by molar-refractivity contribution is 0.545. The first kappa shape index (κ1) is 13.5. The Morgan fingerprint density at radius 1 is 1.20 bits per heavy atom. The molecule has 0 bridgehead atoms. The molecule has 0 aromatic rings. The highest BCUT2D eigenvalue weighted by Crippen LogP contribution is 2.13. The third kappa shape index (κ3) is 7.52. The van der Waals surface area contributed by atoms with Gasteiger partial charge in [0.1, 0.15) is 17.7 Å². The van der Waals surface area contributed by atoms with E-state index in [1.807, 2.05) is 12.1 Å². The van der Waals surface area contributed by atoms with Crippen molar-refractivity contribution in [3.8, 4) is 12.1 Å². The summed E-state index contributed by atoms with van der Waals surface area (Å²) in [6, 6.07) is 3.74. The number of hydrogen-bond donors (Lipinski definition) is 0. The fourth-order valence-electron chi connectivity index (χ4n) is 1.21. The lowest BCUT2D eigenvalue weighted by atomic mass is 10.00. The normalized spacial score (nSPS) is 10.7. The van der Waals surface area contributed by atoms with Gasteiger partial charge in [0.15, 0.2) is 0 Å². The Labute approximate surface area is 92.5 Å². The average Bonchev–Trinajstić information content (AvgIpc) is 2.18. The molecule has 0 saturated carbocycles. The highest BCUT2D eigenvalue weighted by molar-refractivity contribution is 5.34. The van der Waals surface area contributed by atoms with E-state index >= 15 is 0 Å². The zero-order valence-electron chi connectivity index (χ0n) is 9.75. The molecule has 2 heteroatoms. The Morgan fingerprint density at radius 3 is 2.27 bits per heavy atom. The van der Waals surface area contributed by atoms with Crippen LogP contribution in [-0.2, 0) is 0 Å².